The molecule has 4 heterocycles. The quantitative estimate of drug-likeness (QED) is 0.212. The van der Waals surface area contributed by atoms with E-state index in [0.717, 1.165) is 70.7 Å². The number of nitrogens with one attached hydrogen (secondary N) is 2. The normalized spacial score (nSPS) is 20.4. The summed E-state index contributed by atoms with van der Waals surface area (Å²) >= 11 is 0. The summed E-state index contributed by atoms with van der Waals surface area (Å²) in [6.07, 6.45) is 8.94. The highest BCUT2D eigenvalue weighted by Crippen LogP contribution is 2.39. The number of rotatable bonds is 5. The van der Waals surface area contributed by atoms with E-state index in [4.69, 9.17) is 19.4 Å². The molecule has 2 aliphatic heterocycles. The van der Waals surface area contributed by atoms with Gasteiger partial charge >= 0.3 is 12.2 Å². The predicted octanol–water partition coefficient (Wildman–Crippen LogP) is 8.44. The molecule has 10 heteroatoms. The zero-order chi connectivity index (χ0) is 33.6. The fraction of sp³-hybridized carbons (Fsp3) is 0.459. The molecule has 0 aliphatic carbocycles. The average molecular weight is 639 g/mol. The van der Waals surface area contributed by atoms with Crippen molar-refractivity contribution < 1.29 is 19.1 Å². The summed E-state index contributed by atoms with van der Waals surface area (Å²) in [7, 11) is 0. The predicted molar refractivity (Wildman–Crippen MR) is 183 cm³/mol. The number of aromatic amines is 2. The molecule has 248 valence electrons. The van der Waals surface area contributed by atoms with Crippen molar-refractivity contribution in [2.24, 2.45) is 0 Å². The summed E-state index contributed by atoms with van der Waals surface area (Å²) in [5.74, 6) is 1.56. The highest BCUT2D eigenvalue weighted by atomic mass is 16.6. The van der Waals surface area contributed by atoms with Crippen molar-refractivity contribution >= 4 is 35.4 Å². The molecule has 0 bridgehead atoms. The minimum absolute atomic E-state index is 0.117. The SMILES string of the molecule is CC(C)(C)OC(=O)N1CCC[C@H]1c1nc(-c2ccc(/C=C/c3ccc4[nH]c([C@@]5(C)CCCN5C(=O)OC(C)(C)C)nc4c3)cc2)c[nH]1. The highest BCUT2D eigenvalue weighted by Gasteiger charge is 2.45. The van der Waals surface area contributed by atoms with Crippen LogP contribution in [0.25, 0.3) is 34.4 Å². The number of aromatic nitrogens is 4. The molecule has 2 aliphatic rings. The minimum Gasteiger partial charge on any atom is -0.444 e. The summed E-state index contributed by atoms with van der Waals surface area (Å²) in [6, 6.07) is 14.3. The van der Waals surface area contributed by atoms with Crippen molar-refractivity contribution in [3.05, 3.63) is 71.4 Å². The Labute approximate surface area is 276 Å². The van der Waals surface area contributed by atoms with Gasteiger partial charge in [0.15, 0.2) is 0 Å². The van der Waals surface area contributed by atoms with Crippen LogP contribution in [0.4, 0.5) is 9.59 Å². The molecule has 10 nitrogen and oxygen atoms in total. The van der Waals surface area contributed by atoms with Crippen LogP contribution in [-0.4, -0.2) is 66.2 Å². The summed E-state index contributed by atoms with van der Waals surface area (Å²) in [5.41, 5.74) is 4.08. The van der Waals surface area contributed by atoms with Gasteiger partial charge in [-0.05, 0) is 97.4 Å². The number of imidazole rings is 2. The Hall–Kier alpha value is -4.60. The summed E-state index contributed by atoms with van der Waals surface area (Å²) in [6.45, 7) is 14.7. The Morgan fingerprint density at radius 3 is 2.30 bits per heavy atom. The molecule has 4 aromatic rings. The van der Waals surface area contributed by atoms with Gasteiger partial charge in [-0.3, -0.25) is 9.80 Å². The molecule has 0 radical (unpaired) electrons. The van der Waals surface area contributed by atoms with Gasteiger partial charge in [-0.25, -0.2) is 19.6 Å². The van der Waals surface area contributed by atoms with Gasteiger partial charge in [0.2, 0.25) is 0 Å². The van der Waals surface area contributed by atoms with Crippen molar-refractivity contribution in [3.8, 4) is 11.3 Å². The van der Waals surface area contributed by atoms with Gasteiger partial charge in [0, 0.05) is 24.8 Å². The van der Waals surface area contributed by atoms with E-state index in [1.54, 1.807) is 9.80 Å². The van der Waals surface area contributed by atoms with Crippen LogP contribution in [0, 0.1) is 0 Å². The standard InChI is InChI=1S/C37H46N6O4/c1-35(2,3)46-33(44)42-20-8-10-30(42)31-38-23-29(39-31)26-16-13-24(14-17-26)11-12-25-15-18-27-28(22-25)41-32(40-27)37(7)19-9-21-43(37)34(45)47-36(4,5)6/h11-18,22-23,30H,8-10,19-21H2,1-7H3,(H,38,39)(H,40,41)/b12-11+/t30-,37+/m0/s1. The Morgan fingerprint density at radius 1 is 0.894 bits per heavy atom. The number of carbonyl (C=O) groups is 2. The lowest BCUT2D eigenvalue weighted by molar-refractivity contribution is 0.00861. The number of ether oxygens (including phenoxy) is 2. The van der Waals surface area contributed by atoms with Gasteiger partial charge in [0.05, 0.1) is 22.8 Å². The molecule has 0 spiro atoms. The van der Waals surface area contributed by atoms with E-state index in [2.05, 4.69) is 65.4 Å². The third-order valence-electron chi connectivity index (χ3n) is 8.74. The van der Waals surface area contributed by atoms with E-state index in [-0.39, 0.29) is 18.2 Å². The first-order chi connectivity index (χ1) is 22.2. The van der Waals surface area contributed by atoms with Gasteiger partial charge in [-0.1, -0.05) is 42.5 Å². The van der Waals surface area contributed by atoms with Gasteiger partial charge in [0.1, 0.15) is 28.4 Å². The molecular formula is C37H46N6O4. The van der Waals surface area contributed by atoms with E-state index in [1.807, 2.05) is 53.8 Å². The van der Waals surface area contributed by atoms with E-state index in [1.165, 1.54) is 0 Å². The number of fused-ring (bicyclic) bond motifs is 1. The Bertz CT molecular complexity index is 1790. The number of H-pyrrole nitrogens is 2. The third kappa shape index (κ3) is 7.06. The lowest BCUT2D eigenvalue weighted by Crippen LogP contribution is -2.46. The third-order valence-corrected chi connectivity index (χ3v) is 8.74. The van der Waals surface area contributed by atoms with Crippen molar-refractivity contribution in [2.45, 2.75) is 96.9 Å². The van der Waals surface area contributed by atoms with E-state index in [9.17, 15) is 9.59 Å². The van der Waals surface area contributed by atoms with Crippen molar-refractivity contribution in [3.63, 3.8) is 0 Å². The number of benzene rings is 2. The second kappa shape index (κ2) is 12.2. The lowest BCUT2D eigenvalue weighted by atomic mass is 9.98. The minimum atomic E-state index is -0.555. The maximum Gasteiger partial charge on any atom is 0.411 e. The van der Waals surface area contributed by atoms with Crippen LogP contribution < -0.4 is 0 Å². The maximum absolute atomic E-state index is 13.0. The first-order valence-electron chi connectivity index (χ1n) is 16.5. The molecule has 2 aromatic heterocycles. The van der Waals surface area contributed by atoms with E-state index >= 15 is 0 Å². The molecule has 2 saturated heterocycles. The molecule has 2 amide bonds. The number of hydrogen-bond donors (Lipinski definition) is 2. The monoisotopic (exact) mass is 638 g/mol. The first-order valence-corrected chi connectivity index (χ1v) is 16.5. The number of nitrogens with zero attached hydrogens (tertiary/aromatic N) is 4. The summed E-state index contributed by atoms with van der Waals surface area (Å²) in [4.78, 5) is 45.9. The van der Waals surface area contributed by atoms with Crippen molar-refractivity contribution in [1.29, 1.82) is 0 Å². The van der Waals surface area contributed by atoms with Gasteiger partial charge < -0.3 is 19.4 Å². The number of amides is 2. The molecular weight excluding hydrogens is 592 g/mol. The smallest absolute Gasteiger partial charge is 0.411 e. The van der Waals surface area contributed by atoms with Crippen LogP contribution in [0.15, 0.2) is 48.7 Å². The topological polar surface area (TPSA) is 116 Å². The van der Waals surface area contributed by atoms with E-state index in [0.29, 0.717) is 13.1 Å². The summed E-state index contributed by atoms with van der Waals surface area (Å²) in [5, 5.41) is 0. The molecule has 0 unspecified atom stereocenters. The fourth-order valence-corrected chi connectivity index (χ4v) is 6.40. The Balaban J connectivity index is 1.13. The highest BCUT2D eigenvalue weighted by molar-refractivity contribution is 5.81. The average Bonchev–Trinajstić information content (AvgIpc) is 3.79. The summed E-state index contributed by atoms with van der Waals surface area (Å²) < 4.78 is 11.3. The Kier molecular flexibility index (Phi) is 8.40. The maximum atomic E-state index is 13.0. The number of carbonyl (C=O) groups excluding carboxylic acids is 2. The second-order valence-electron chi connectivity index (χ2n) is 14.8. The first kappa shape index (κ1) is 32.3. The van der Waals surface area contributed by atoms with Crippen LogP contribution in [0.5, 0.6) is 0 Å². The fourth-order valence-electron chi connectivity index (χ4n) is 6.40. The second-order valence-corrected chi connectivity index (χ2v) is 14.8. The van der Waals surface area contributed by atoms with Crippen molar-refractivity contribution in [2.75, 3.05) is 13.1 Å². The molecule has 2 atom stereocenters. The lowest BCUT2D eigenvalue weighted by Gasteiger charge is -2.34. The van der Waals surface area contributed by atoms with Crippen molar-refractivity contribution in [1.82, 2.24) is 29.7 Å². The van der Waals surface area contributed by atoms with Gasteiger partial charge in [0.25, 0.3) is 0 Å². The molecule has 0 saturated carbocycles. The largest absolute Gasteiger partial charge is 0.444 e. The van der Waals surface area contributed by atoms with Gasteiger partial charge in [-0.2, -0.15) is 0 Å². The zero-order valence-electron chi connectivity index (χ0n) is 28.5. The zero-order valence-corrected chi connectivity index (χ0v) is 28.5. The van der Waals surface area contributed by atoms with Crippen LogP contribution in [0.2, 0.25) is 0 Å². The van der Waals surface area contributed by atoms with Crippen LogP contribution in [-0.2, 0) is 15.0 Å². The molecule has 6 rings (SSSR count). The molecule has 2 N–H and O–H groups in total. The molecule has 2 fully saturated rings. The number of hydrogen-bond acceptors (Lipinski definition) is 6. The van der Waals surface area contributed by atoms with Crippen LogP contribution >= 0.6 is 0 Å². The van der Waals surface area contributed by atoms with E-state index < -0.39 is 16.7 Å². The van der Waals surface area contributed by atoms with Gasteiger partial charge in [-0.15, -0.1) is 0 Å². The number of likely N-dealkylation sites (tertiary alicyclic amines) is 2. The Morgan fingerprint density at radius 2 is 1.57 bits per heavy atom. The molecule has 47 heavy (non-hydrogen) atoms. The molecule has 2 aromatic carbocycles. The van der Waals surface area contributed by atoms with Crippen LogP contribution in [0.3, 0.4) is 0 Å². The van der Waals surface area contributed by atoms with Crippen LogP contribution in [0.1, 0.15) is 103 Å².